The van der Waals surface area contributed by atoms with E-state index in [0.29, 0.717) is 10.9 Å². The summed E-state index contributed by atoms with van der Waals surface area (Å²) >= 11 is 0. The average molecular weight is 235 g/mol. The van der Waals surface area contributed by atoms with Crippen LogP contribution in [0, 0.1) is 13.8 Å². The van der Waals surface area contributed by atoms with Crippen molar-refractivity contribution in [1.82, 2.24) is 0 Å². The molecule has 0 spiro atoms. The number of rotatable bonds is 1. The molecule has 0 saturated carbocycles. The van der Waals surface area contributed by atoms with E-state index in [9.17, 15) is 13.0 Å². The Morgan fingerprint density at radius 1 is 1.12 bits per heavy atom. The van der Waals surface area contributed by atoms with Gasteiger partial charge in [-0.3, -0.25) is 0 Å². The van der Waals surface area contributed by atoms with Crippen LogP contribution in [0.1, 0.15) is 11.1 Å². The number of hydrogen-bond donors (Lipinski definition) is 0. The van der Waals surface area contributed by atoms with Crippen LogP contribution in [0.25, 0.3) is 10.8 Å². The largest absolute Gasteiger partial charge is 0.744 e. The van der Waals surface area contributed by atoms with Crippen molar-refractivity contribution in [2.24, 2.45) is 0 Å². The smallest absolute Gasteiger partial charge is 0.125 e. The minimum absolute atomic E-state index is 0.0944. The molecule has 0 unspecified atom stereocenters. The van der Waals surface area contributed by atoms with Crippen LogP contribution in [0.15, 0.2) is 35.2 Å². The van der Waals surface area contributed by atoms with Crippen molar-refractivity contribution in [1.29, 1.82) is 0 Å². The highest BCUT2D eigenvalue weighted by molar-refractivity contribution is 7.86. The lowest BCUT2D eigenvalue weighted by atomic mass is 10.0. The van der Waals surface area contributed by atoms with Crippen molar-refractivity contribution in [3.05, 3.63) is 41.5 Å². The average Bonchev–Trinajstić information content (AvgIpc) is 2.17. The first-order valence-electron chi connectivity index (χ1n) is 4.86. The molecule has 0 radical (unpaired) electrons. The van der Waals surface area contributed by atoms with E-state index in [0.717, 1.165) is 10.9 Å². The fourth-order valence-corrected chi connectivity index (χ4v) is 2.87. The zero-order valence-electron chi connectivity index (χ0n) is 9.02. The summed E-state index contributed by atoms with van der Waals surface area (Å²) in [7, 11) is -4.43. The normalized spacial score (nSPS) is 11.9. The Morgan fingerprint density at radius 3 is 2.38 bits per heavy atom. The quantitative estimate of drug-likeness (QED) is 0.713. The van der Waals surface area contributed by atoms with Gasteiger partial charge in [-0.2, -0.15) is 0 Å². The van der Waals surface area contributed by atoms with Gasteiger partial charge in [-0.1, -0.05) is 30.3 Å². The van der Waals surface area contributed by atoms with Gasteiger partial charge in [-0.15, -0.1) is 0 Å². The third kappa shape index (κ3) is 1.70. The maximum Gasteiger partial charge on any atom is 0.125 e. The van der Waals surface area contributed by atoms with Crippen molar-refractivity contribution >= 4 is 20.9 Å². The Labute approximate surface area is 94.5 Å². The second-order valence-electron chi connectivity index (χ2n) is 3.82. The van der Waals surface area contributed by atoms with Crippen molar-refractivity contribution in [3.63, 3.8) is 0 Å². The van der Waals surface area contributed by atoms with Crippen molar-refractivity contribution in [2.45, 2.75) is 18.7 Å². The van der Waals surface area contributed by atoms with E-state index in [1.54, 1.807) is 32.0 Å². The van der Waals surface area contributed by atoms with Crippen molar-refractivity contribution in [2.75, 3.05) is 0 Å². The number of fused-ring (bicyclic) bond motifs is 1. The SMILES string of the molecule is Cc1cc2ccccc2c(S(=O)(=O)[O-])c1C. The van der Waals surface area contributed by atoms with Gasteiger partial charge in [-0.05, 0) is 35.7 Å². The lowest BCUT2D eigenvalue weighted by molar-refractivity contribution is 0.463. The summed E-state index contributed by atoms with van der Waals surface area (Å²) in [6.45, 7) is 3.46. The Hall–Kier alpha value is -1.39. The van der Waals surface area contributed by atoms with Crippen molar-refractivity contribution < 1.29 is 13.0 Å². The van der Waals surface area contributed by atoms with Crippen LogP contribution in [0.4, 0.5) is 0 Å². The molecule has 3 nitrogen and oxygen atoms in total. The molecule has 2 aromatic rings. The summed E-state index contributed by atoms with van der Waals surface area (Å²) in [5.41, 5.74) is 1.35. The minimum Gasteiger partial charge on any atom is -0.744 e. The molecule has 0 aliphatic rings. The standard InChI is InChI=1S/C12H12O3S/c1-8-7-10-5-3-4-6-11(10)12(9(8)2)16(13,14)15/h3-7H,1-2H3,(H,13,14,15)/p-1. The molecule has 0 saturated heterocycles. The predicted octanol–water partition coefficient (Wildman–Crippen LogP) is 2.36. The third-order valence-corrected chi connectivity index (χ3v) is 3.79. The molecule has 4 heteroatoms. The summed E-state index contributed by atoms with van der Waals surface area (Å²) in [5.74, 6) is 0. The molecule has 0 atom stereocenters. The summed E-state index contributed by atoms with van der Waals surface area (Å²) < 4.78 is 33.8. The molecule has 16 heavy (non-hydrogen) atoms. The van der Waals surface area contributed by atoms with Crippen LogP contribution >= 0.6 is 0 Å². The zero-order chi connectivity index (χ0) is 11.9. The lowest BCUT2D eigenvalue weighted by Gasteiger charge is -2.15. The van der Waals surface area contributed by atoms with E-state index < -0.39 is 10.1 Å². The summed E-state index contributed by atoms with van der Waals surface area (Å²) in [6, 6.07) is 8.90. The first-order chi connectivity index (χ1) is 7.41. The van der Waals surface area contributed by atoms with E-state index in [2.05, 4.69) is 0 Å². The predicted molar refractivity (Wildman–Crippen MR) is 61.4 cm³/mol. The van der Waals surface area contributed by atoms with Crippen LogP contribution in [0.2, 0.25) is 0 Å². The Balaban J connectivity index is 3.05. The first-order valence-corrected chi connectivity index (χ1v) is 6.27. The fraction of sp³-hybridized carbons (Fsp3) is 0.167. The van der Waals surface area contributed by atoms with Gasteiger partial charge < -0.3 is 4.55 Å². The zero-order valence-corrected chi connectivity index (χ0v) is 9.84. The number of hydrogen-bond acceptors (Lipinski definition) is 3. The molecule has 2 aromatic carbocycles. The molecule has 0 aliphatic carbocycles. The highest BCUT2D eigenvalue weighted by Gasteiger charge is 2.12. The third-order valence-electron chi connectivity index (χ3n) is 2.76. The lowest BCUT2D eigenvalue weighted by Crippen LogP contribution is -2.04. The fourth-order valence-electron chi connectivity index (χ4n) is 1.87. The molecular formula is C12H11O3S-. The summed E-state index contributed by atoms with van der Waals surface area (Å²) in [4.78, 5) is -0.0944. The molecule has 2 rings (SSSR count). The molecule has 0 bridgehead atoms. The Kier molecular flexibility index (Phi) is 2.48. The van der Waals surface area contributed by atoms with Crippen LogP contribution in [0.5, 0.6) is 0 Å². The molecule has 0 fully saturated rings. The van der Waals surface area contributed by atoms with Gasteiger partial charge in [0.15, 0.2) is 0 Å². The first kappa shape index (κ1) is 11.1. The monoisotopic (exact) mass is 235 g/mol. The van der Waals surface area contributed by atoms with Crippen LogP contribution in [0.3, 0.4) is 0 Å². The molecule has 0 aromatic heterocycles. The van der Waals surface area contributed by atoms with Gasteiger partial charge in [-0.25, -0.2) is 8.42 Å². The highest BCUT2D eigenvalue weighted by Crippen LogP contribution is 2.28. The maximum absolute atomic E-state index is 11.3. The summed E-state index contributed by atoms with van der Waals surface area (Å²) in [6.07, 6.45) is 0. The van der Waals surface area contributed by atoms with E-state index in [4.69, 9.17) is 0 Å². The highest BCUT2D eigenvalue weighted by atomic mass is 32.2. The number of benzene rings is 2. The molecule has 84 valence electrons. The van der Waals surface area contributed by atoms with E-state index >= 15 is 0 Å². The minimum atomic E-state index is -4.43. The second kappa shape index (κ2) is 3.57. The Bertz CT molecular complexity index is 657. The van der Waals surface area contributed by atoms with Crippen LogP contribution in [-0.2, 0) is 10.1 Å². The summed E-state index contributed by atoms with van der Waals surface area (Å²) in [5, 5.41) is 1.28. The van der Waals surface area contributed by atoms with Gasteiger partial charge in [0.1, 0.15) is 10.1 Å². The van der Waals surface area contributed by atoms with Gasteiger partial charge in [0, 0.05) is 0 Å². The molecule has 0 aliphatic heterocycles. The van der Waals surface area contributed by atoms with Gasteiger partial charge in [0.25, 0.3) is 0 Å². The van der Waals surface area contributed by atoms with E-state index in [1.807, 2.05) is 12.1 Å². The van der Waals surface area contributed by atoms with Gasteiger partial charge in [0.2, 0.25) is 0 Å². The molecule has 0 heterocycles. The number of aryl methyl sites for hydroxylation is 1. The molecule has 0 amide bonds. The topological polar surface area (TPSA) is 57.2 Å². The molecule has 0 N–H and O–H groups in total. The molecular weight excluding hydrogens is 224 g/mol. The van der Waals surface area contributed by atoms with Gasteiger partial charge >= 0.3 is 0 Å². The van der Waals surface area contributed by atoms with E-state index in [-0.39, 0.29) is 4.90 Å². The Morgan fingerprint density at radius 2 is 1.75 bits per heavy atom. The van der Waals surface area contributed by atoms with Gasteiger partial charge in [0.05, 0.1) is 4.90 Å². The van der Waals surface area contributed by atoms with Crippen molar-refractivity contribution in [3.8, 4) is 0 Å². The van der Waals surface area contributed by atoms with E-state index in [1.165, 1.54) is 0 Å². The van der Waals surface area contributed by atoms with Crippen LogP contribution in [-0.4, -0.2) is 13.0 Å². The van der Waals surface area contributed by atoms with Crippen LogP contribution < -0.4 is 0 Å². The second-order valence-corrected chi connectivity index (χ2v) is 5.14. The maximum atomic E-state index is 11.3.